The van der Waals surface area contributed by atoms with Crippen molar-refractivity contribution in [2.24, 2.45) is 0 Å². The van der Waals surface area contributed by atoms with Gasteiger partial charge >= 0.3 is 0 Å². The number of thioether (sulfide) groups is 1. The molecule has 1 saturated heterocycles. The molecule has 1 amide bonds. The fraction of sp³-hybridized carbons (Fsp3) is 0.444. The fourth-order valence-corrected chi connectivity index (χ4v) is 3.45. The second-order valence-electron chi connectivity index (χ2n) is 6.29. The van der Waals surface area contributed by atoms with E-state index in [0.717, 1.165) is 18.9 Å². The van der Waals surface area contributed by atoms with Crippen LogP contribution in [0.5, 0.6) is 0 Å². The molecular formula is C18H23N5O2S. The average molecular weight is 373 g/mol. The molecule has 0 radical (unpaired) electrons. The van der Waals surface area contributed by atoms with Gasteiger partial charge in [0.1, 0.15) is 5.82 Å². The van der Waals surface area contributed by atoms with E-state index in [2.05, 4.69) is 25.2 Å². The minimum Gasteiger partial charge on any atom is -0.357 e. The maximum Gasteiger partial charge on any atom is 0.254 e. The summed E-state index contributed by atoms with van der Waals surface area (Å²) >= 11 is 1.39. The number of nitrogens with zero attached hydrogens (tertiary/aromatic N) is 3. The zero-order chi connectivity index (χ0) is 18.5. The molecule has 0 atom stereocenters. The van der Waals surface area contributed by atoms with Crippen LogP contribution in [0.4, 0.5) is 11.5 Å². The highest BCUT2D eigenvalue weighted by molar-refractivity contribution is 7.98. The molecule has 0 aromatic carbocycles. The van der Waals surface area contributed by atoms with Gasteiger partial charge in [-0.25, -0.2) is 9.97 Å². The molecule has 7 nitrogen and oxygen atoms in total. The van der Waals surface area contributed by atoms with Gasteiger partial charge in [-0.05, 0) is 44.6 Å². The highest BCUT2D eigenvalue weighted by Gasteiger charge is 2.14. The molecule has 26 heavy (non-hydrogen) atoms. The Balaban J connectivity index is 1.57. The molecule has 0 saturated carbocycles. The summed E-state index contributed by atoms with van der Waals surface area (Å²) in [6.45, 7) is 3.87. The number of rotatable bonds is 6. The summed E-state index contributed by atoms with van der Waals surface area (Å²) in [5, 5.41) is 3.42. The van der Waals surface area contributed by atoms with Crippen LogP contribution < -0.4 is 15.8 Å². The molecule has 0 aliphatic carbocycles. The van der Waals surface area contributed by atoms with Gasteiger partial charge in [-0.1, -0.05) is 11.8 Å². The highest BCUT2D eigenvalue weighted by Crippen LogP contribution is 2.19. The van der Waals surface area contributed by atoms with Crippen molar-refractivity contribution in [3.8, 4) is 0 Å². The maximum absolute atomic E-state index is 12.2. The van der Waals surface area contributed by atoms with Crippen LogP contribution in [0.25, 0.3) is 0 Å². The Kier molecular flexibility index (Phi) is 5.92. The first kappa shape index (κ1) is 18.4. The molecule has 8 heteroatoms. The normalized spacial score (nSPS) is 13.8. The SMILES string of the molecule is CSc1nc(C)c(CCC(=O)Nc2ccc(N3CCCC3)nc2)c(=O)[nH]1. The molecule has 1 aliphatic rings. The van der Waals surface area contributed by atoms with Crippen LogP contribution in [0.1, 0.15) is 30.5 Å². The first-order valence-corrected chi connectivity index (χ1v) is 9.94. The number of anilines is 2. The van der Waals surface area contributed by atoms with Crippen molar-refractivity contribution in [3.05, 3.63) is 39.9 Å². The zero-order valence-corrected chi connectivity index (χ0v) is 15.9. The molecular weight excluding hydrogens is 350 g/mol. The van der Waals surface area contributed by atoms with Gasteiger partial charge in [0.25, 0.3) is 5.56 Å². The summed E-state index contributed by atoms with van der Waals surface area (Å²) in [7, 11) is 0. The van der Waals surface area contributed by atoms with Gasteiger partial charge in [0.15, 0.2) is 5.16 Å². The van der Waals surface area contributed by atoms with E-state index in [9.17, 15) is 9.59 Å². The summed E-state index contributed by atoms with van der Waals surface area (Å²) in [5.41, 5.74) is 1.72. The van der Waals surface area contributed by atoms with Crippen LogP contribution in [0.15, 0.2) is 28.3 Å². The van der Waals surface area contributed by atoms with Gasteiger partial charge in [0, 0.05) is 30.8 Å². The summed E-state index contributed by atoms with van der Waals surface area (Å²) in [6, 6.07) is 3.80. The van der Waals surface area contributed by atoms with Crippen LogP contribution in [0, 0.1) is 6.92 Å². The lowest BCUT2D eigenvalue weighted by molar-refractivity contribution is -0.116. The first-order chi connectivity index (χ1) is 12.6. The van der Waals surface area contributed by atoms with Crippen LogP contribution in [-0.2, 0) is 11.2 Å². The van der Waals surface area contributed by atoms with Crippen LogP contribution >= 0.6 is 11.8 Å². The molecule has 0 bridgehead atoms. The number of aryl methyl sites for hydroxylation is 1. The second kappa shape index (κ2) is 8.35. The van der Waals surface area contributed by atoms with Crippen molar-refractivity contribution in [2.75, 3.05) is 29.6 Å². The van der Waals surface area contributed by atoms with Crippen molar-refractivity contribution in [3.63, 3.8) is 0 Å². The summed E-state index contributed by atoms with van der Waals surface area (Å²) < 4.78 is 0. The number of pyridine rings is 1. The fourth-order valence-electron chi connectivity index (χ4n) is 3.03. The van der Waals surface area contributed by atoms with Gasteiger partial charge in [-0.15, -0.1) is 0 Å². The lowest BCUT2D eigenvalue weighted by Gasteiger charge is -2.16. The molecule has 2 aromatic heterocycles. The van der Waals surface area contributed by atoms with Gasteiger partial charge in [-0.2, -0.15) is 0 Å². The minimum absolute atomic E-state index is 0.145. The lowest BCUT2D eigenvalue weighted by Crippen LogP contribution is -2.20. The van der Waals surface area contributed by atoms with Crippen LogP contribution in [0.2, 0.25) is 0 Å². The van der Waals surface area contributed by atoms with E-state index in [0.29, 0.717) is 28.5 Å². The molecule has 0 spiro atoms. The third-order valence-corrected chi connectivity index (χ3v) is 5.04. The third-order valence-electron chi connectivity index (χ3n) is 4.46. The van der Waals surface area contributed by atoms with Crippen molar-refractivity contribution >= 4 is 29.2 Å². The zero-order valence-electron chi connectivity index (χ0n) is 15.0. The van der Waals surface area contributed by atoms with Crippen LogP contribution in [0.3, 0.4) is 0 Å². The second-order valence-corrected chi connectivity index (χ2v) is 7.08. The Morgan fingerprint density at radius 1 is 1.35 bits per heavy atom. The van der Waals surface area contributed by atoms with E-state index in [4.69, 9.17) is 0 Å². The number of carbonyl (C=O) groups is 1. The number of nitrogens with one attached hydrogen (secondary N) is 2. The number of hydrogen-bond donors (Lipinski definition) is 2. The standard InChI is InChI=1S/C18H23N5O2S/c1-12-14(17(25)22-18(20-12)26-2)6-8-16(24)21-13-5-7-15(19-11-13)23-9-3-4-10-23/h5,7,11H,3-4,6,8-10H2,1-2H3,(H,21,24)(H,20,22,25). The van der Waals surface area contributed by atoms with E-state index >= 15 is 0 Å². The molecule has 2 N–H and O–H groups in total. The topological polar surface area (TPSA) is 91.0 Å². The molecule has 3 rings (SSSR count). The van der Waals surface area contributed by atoms with Crippen molar-refractivity contribution in [1.82, 2.24) is 15.0 Å². The summed E-state index contributed by atoms with van der Waals surface area (Å²) in [6.07, 6.45) is 6.51. The van der Waals surface area contributed by atoms with Crippen molar-refractivity contribution in [1.29, 1.82) is 0 Å². The number of amides is 1. The van der Waals surface area contributed by atoms with Crippen LogP contribution in [-0.4, -0.2) is 40.2 Å². The Bertz CT molecular complexity index is 828. The van der Waals surface area contributed by atoms with Crippen molar-refractivity contribution < 1.29 is 4.79 Å². The molecule has 3 heterocycles. The van der Waals surface area contributed by atoms with E-state index in [1.165, 1.54) is 24.6 Å². The Labute approximate surface area is 156 Å². The molecule has 2 aromatic rings. The van der Waals surface area contributed by atoms with Gasteiger partial charge in [-0.3, -0.25) is 9.59 Å². The number of aromatic nitrogens is 3. The molecule has 1 aliphatic heterocycles. The number of hydrogen-bond acceptors (Lipinski definition) is 6. The lowest BCUT2D eigenvalue weighted by atomic mass is 10.1. The molecule has 0 unspecified atom stereocenters. The predicted molar refractivity (Wildman–Crippen MR) is 104 cm³/mol. The maximum atomic E-state index is 12.2. The Hall–Kier alpha value is -2.35. The van der Waals surface area contributed by atoms with Crippen molar-refractivity contribution in [2.45, 2.75) is 37.8 Å². The Morgan fingerprint density at radius 2 is 2.12 bits per heavy atom. The number of aromatic amines is 1. The predicted octanol–water partition coefficient (Wildman–Crippen LogP) is 2.37. The molecule has 1 fully saturated rings. The largest absolute Gasteiger partial charge is 0.357 e. The highest BCUT2D eigenvalue weighted by atomic mass is 32.2. The van der Waals surface area contributed by atoms with E-state index in [1.54, 1.807) is 13.1 Å². The van der Waals surface area contributed by atoms with Gasteiger partial charge < -0.3 is 15.2 Å². The smallest absolute Gasteiger partial charge is 0.254 e. The van der Waals surface area contributed by atoms with E-state index in [1.807, 2.05) is 18.4 Å². The van der Waals surface area contributed by atoms with Gasteiger partial charge in [0.2, 0.25) is 5.91 Å². The first-order valence-electron chi connectivity index (χ1n) is 8.71. The summed E-state index contributed by atoms with van der Waals surface area (Å²) in [4.78, 5) is 38.0. The monoisotopic (exact) mass is 373 g/mol. The molecule has 138 valence electrons. The Morgan fingerprint density at radius 3 is 2.73 bits per heavy atom. The average Bonchev–Trinajstić information content (AvgIpc) is 3.16. The number of carbonyl (C=O) groups excluding carboxylic acids is 1. The van der Waals surface area contributed by atoms with E-state index < -0.39 is 0 Å². The summed E-state index contributed by atoms with van der Waals surface area (Å²) in [5.74, 6) is 0.802. The van der Waals surface area contributed by atoms with E-state index in [-0.39, 0.29) is 17.9 Å². The minimum atomic E-state index is -0.175. The van der Waals surface area contributed by atoms with Gasteiger partial charge in [0.05, 0.1) is 11.9 Å². The third kappa shape index (κ3) is 4.43. The number of H-pyrrole nitrogens is 1. The quantitative estimate of drug-likeness (QED) is 0.597.